The number of nitrogens with zero attached hydrogens (tertiary/aromatic N) is 2. The summed E-state index contributed by atoms with van der Waals surface area (Å²) in [5, 5.41) is 0. The van der Waals surface area contributed by atoms with E-state index >= 15 is 0 Å². The summed E-state index contributed by atoms with van der Waals surface area (Å²) in [6, 6.07) is 14.6. The Kier molecular flexibility index (Phi) is 5.74. The molecule has 4 rings (SSSR count). The van der Waals surface area contributed by atoms with Crippen LogP contribution in [0, 0.1) is 5.92 Å². The molecule has 2 fully saturated rings. The molecule has 2 aromatic rings. The predicted octanol–water partition coefficient (Wildman–Crippen LogP) is 4.01. The molecule has 0 unspecified atom stereocenters. The number of likely N-dealkylation sites (tertiary alicyclic amines) is 1. The fraction of sp³-hybridized carbons (Fsp3) is 0.435. The lowest BCUT2D eigenvalue weighted by molar-refractivity contribution is 0.0697. The van der Waals surface area contributed by atoms with Gasteiger partial charge in [-0.25, -0.2) is 8.42 Å². The maximum atomic E-state index is 12.7. The van der Waals surface area contributed by atoms with Crippen molar-refractivity contribution in [3.63, 3.8) is 0 Å². The lowest BCUT2D eigenvalue weighted by Crippen LogP contribution is -2.37. The van der Waals surface area contributed by atoms with Gasteiger partial charge in [0.25, 0.3) is 5.91 Å². The molecule has 0 N–H and O–H groups in total. The summed E-state index contributed by atoms with van der Waals surface area (Å²) in [5.41, 5.74) is 2.62. The summed E-state index contributed by atoms with van der Waals surface area (Å²) in [4.78, 5) is 15.0. The number of piperidine rings is 1. The smallest absolute Gasteiger partial charge is 0.253 e. The highest BCUT2D eigenvalue weighted by Gasteiger charge is 2.27. The Morgan fingerprint density at radius 2 is 1.34 bits per heavy atom. The van der Waals surface area contributed by atoms with Crippen LogP contribution in [0.1, 0.15) is 43.0 Å². The van der Waals surface area contributed by atoms with Crippen LogP contribution in [0.3, 0.4) is 0 Å². The highest BCUT2D eigenvalue weighted by molar-refractivity contribution is 7.89. The third-order valence-corrected chi connectivity index (χ3v) is 8.01. The monoisotopic (exact) mass is 412 g/mol. The quantitative estimate of drug-likeness (QED) is 0.762. The van der Waals surface area contributed by atoms with Gasteiger partial charge in [0.05, 0.1) is 4.90 Å². The van der Waals surface area contributed by atoms with Gasteiger partial charge < -0.3 is 4.90 Å². The maximum absolute atomic E-state index is 12.7. The van der Waals surface area contributed by atoms with Gasteiger partial charge in [0.1, 0.15) is 0 Å². The zero-order valence-electron chi connectivity index (χ0n) is 16.9. The molecule has 154 valence electrons. The van der Waals surface area contributed by atoms with E-state index in [0.717, 1.165) is 49.9 Å². The topological polar surface area (TPSA) is 57.7 Å². The minimum Gasteiger partial charge on any atom is -0.339 e. The summed E-state index contributed by atoms with van der Waals surface area (Å²) >= 11 is 0. The number of carbonyl (C=O) groups is 1. The van der Waals surface area contributed by atoms with Crippen LogP contribution in [0.4, 0.5) is 0 Å². The number of hydrogen-bond acceptors (Lipinski definition) is 3. The molecular formula is C23H28N2O3S. The van der Waals surface area contributed by atoms with Crippen molar-refractivity contribution in [1.82, 2.24) is 9.21 Å². The number of carbonyl (C=O) groups excluding carboxylic acids is 1. The second-order valence-corrected chi connectivity index (χ2v) is 10.1. The van der Waals surface area contributed by atoms with Gasteiger partial charge in [0.2, 0.25) is 10.0 Å². The Balaban J connectivity index is 1.47. The molecule has 29 heavy (non-hydrogen) atoms. The summed E-state index contributed by atoms with van der Waals surface area (Å²) < 4.78 is 26.9. The molecule has 2 heterocycles. The lowest BCUT2D eigenvalue weighted by atomic mass is 9.98. The van der Waals surface area contributed by atoms with E-state index < -0.39 is 10.0 Å². The van der Waals surface area contributed by atoms with Crippen LogP contribution in [0.5, 0.6) is 0 Å². The second kappa shape index (κ2) is 8.28. The first-order chi connectivity index (χ1) is 13.9. The van der Waals surface area contributed by atoms with Crippen LogP contribution in [0.25, 0.3) is 11.1 Å². The van der Waals surface area contributed by atoms with Crippen molar-refractivity contribution in [3.8, 4) is 11.1 Å². The van der Waals surface area contributed by atoms with Crippen LogP contribution >= 0.6 is 0 Å². The van der Waals surface area contributed by atoms with E-state index in [-0.39, 0.29) is 5.91 Å². The van der Waals surface area contributed by atoms with Crippen molar-refractivity contribution in [2.24, 2.45) is 5.92 Å². The highest BCUT2D eigenvalue weighted by atomic mass is 32.2. The fourth-order valence-electron chi connectivity index (χ4n) is 4.10. The summed E-state index contributed by atoms with van der Waals surface area (Å²) in [6.07, 6.45) is 3.99. The van der Waals surface area contributed by atoms with Crippen molar-refractivity contribution >= 4 is 15.9 Å². The van der Waals surface area contributed by atoms with Gasteiger partial charge in [-0.1, -0.05) is 31.2 Å². The van der Waals surface area contributed by atoms with E-state index in [1.54, 1.807) is 16.4 Å². The average molecular weight is 413 g/mol. The number of benzene rings is 2. The number of hydrogen-bond donors (Lipinski definition) is 0. The van der Waals surface area contributed by atoms with Crippen molar-refractivity contribution in [1.29, 1.82) is 0 Å². The van der Waals surface area contributed by atoms with Crippen molar-refractivity contribution in [3.05, 3.63) is 54.1 Å². The van der Waals surface area contributed by atoms with Crippen LogP contribution in [-0.4, -0.2) is 49.7 Å². The van der Waals surface area contributed by atoms with Gasteiger partial charge in [-0.3, -0.25) is 4.79 Å². The fourth-order valence-corrected chi connectivity index (χ4v) is 5.61. The minimum absolute atomic E-state index is 0.0931. The van der Waals surface area contributed by atoms with Gasteiger partial charge in [0.15, 0.2) is 0 Å². The minimum atomic E-state index is -3.39. The van der Waals surface area contributed by atoms with E-state index in [1.165, 1.54) is 0 Å². The Bertz CT molecular complexity index is 954. The lowest BCUT2D eigenvalue weighted by Gasteiger charge is -2.30. The molecule has 2 aliphatic heterocycles. The van der Waals surface area contributed by atoms with Gasteiger partial charge in [-0.05, 0) is 67.0 Å². The van der Waals surface area contributed by atoms with Crippen LogP contribution in [-0.2, 0) is 10.0 Å². The molecule has 5 nitrogen and oxygen atoms in total. The SMILES string of the molecule is CC1CCN(C(=O)c2ccc(-c3ccc(S(=O)(=O)N4CCCC4)cc3)cc2)CC1. The standard InChI is InChI=1S/C23H28N2O3S/c1-18-12-16-24(17-13-18)23(26)21-6-4-19(5-7-21)20-8-10-22(11-9-20)29(27,28)25-14-2-3-15-25/h4-11,18H,2-3,12-17H2,1H3. The third kappa shape index (κ3) is 4.23. The summed E-state index contributed by atoms with van der Waals surface area (Å²) in [5.74, 6) is 0.786. The van der Waals surface area contributed by atoms with Crippen molar-refractivity contribution < 1.29 is 13.2 Å². The van der Waals surface area contributed by atoms with E-state index in [9.17, 15) is 13.2 Å². The van der Waals surface area contributed by atoms with Crippen molar-refractivity contribution in [2.45, 2.75) is 37.5 Å². The molecule has 0 radical (unpaired) electrons. The zero-order valence-corrected chi connectivity index (χ0v) is 17.7. The van der Waals surface area contributed by atoms with Gasteiger partial charge in [-0.15, -0.1) is 0 Å². The highest BCUT2D eigenvalue weighted by Crippen LogP contribution is 2.26. The molecule has 0 saturated carbocycles. The first-order valence-electron chi connectivity index (χ1n) is 10.4. The van der Waals surface area contributed by atoms with Gasteiger partial charge in [-0.2, -0.15) is 4.31 Å². The van der Waals surface area contributed by atoms with Crippen LogP contribution < -0.4 is 0 Å². The van der Waals surface area contributed by atoms with E-state index in [0.29, 0.717) is 29.5 Å². The summed E-state index contributed by atoms with van der Waals surface area (Å²) in [7, 11) is -3.39. The van der Waals surface area contributed by atoms with Gasteiger partial charge in [0, 0.05) is 31.7 Å². The van der Waals surface area contributed by atoms with Crippen molar-refractivity contribution in [2.75, 3.05) is 26.2 Å². The molecule has 2 aromatic carbocycles. The first kappa shape index (κ1) is 20.1. The Morgan fingerprint density at radius 3 is 1.90 bits per heavy atom. The largest absolute Gasteiger partial charge is 0.339 e. The Labute approximate surface area is 173 Å². The molecule has 0 aromatic heterocycles. The van der Waals surface area contributed by atoms with E-state index in [4.69, 9.17) is 0 Å². The maximum Gasteiger partial charge on any atom is 0.253 e. The number of amides is 1. The molecule has 2 aliphatic rings. The Morgan fingerprint density at radius 1 is 0.828 bits per heavy atom. The van der Waals surface area contributed by atoms with Crippen LogP contribution in [0.2, 0.25) is 0 Å². The molecule has 0 atom stereocenters. The molecule has 0 aliphatic carbocycles. The average Bonchev–Trinajstić information content (AvgIpc) is 3.30. The Hall–Kier alpha value is -2.18. The molecule has 1 amide bonds. The van der Waals surface area contributed by atoms with E-state index in [2.05, 4.69) is 6.92 Å². The normalized spacial score (nSPS) is 18.9. The van der Waals surface area contributed by atoms with Crippen LogP contribution in [0.15, 0.2) is 53.4 Å². The summed E-state index contributed by atoms with van der Waals surface area (Å²) in [6.45, 7) is 5.10. The molecule has 0 bridgehead atoms. The zero-order chi connectivity index (χ0) is 20.4. The molecule has 0 spiro atoms. The number of sulfonamides is 1. The molecular weight excluding hydrogens is 384 g/mol. The second-order valence-electron chi connectivity index (χ2n) is 8.19. The van der Waals surface area contributed by atoms with E-state index in [1.807, 2.05) is 41.3 Å². The third-order valence-electron chi connectivity index (χ3n) is 6.09. The first-order valence-corrected chi connectivity index (χ1v) is 11.9. The molecule has 6 heteroatoms. The van der Waals surface area contributed by atoms with Gasteiger partial charge >= 0.3 is 0 Å². The predicted molar refractivity (Wildman–Crippen MR) is 114 cm³/mol. The number of rotatable bonds is 4. The molecule has 2 saturated heterocycles.